The fourth-order valence-electron chi connectivity index (χ4n) is 2.90. The van der Waals surface area contributed by atoms with Crippen LogP contribution in [0.1, 0.15) is 63.0 Å². The number of allylic oxidation sites excluding steroid dienone is 1. The highest BCUT2D eigenvalue weighted by atomic mass is 79.9. The largest absolute Gasteiger partial charge is 0.0764 e. The zero-order valence-electron chi connectivity index (χ0n) is 11.5. The van der Waals surface area contributed by atoms with Crippen LogP contribution in [0, 0.1) is 5.92 Å². The van der Waals surface area contributed by atoms with E-state index in [0.29, 0.717) is 5.92 Å². The molecule has 2 rings (SSSR count). The van der Waals surface area contributed by atoms with Gasteiger partial charge in [-0.3, -0.25) is 0 Å². The Balaban J connectivity index is 2.02. The van der Waals surface area contributed by atoms with Crippen molar-refractivity contribution in [1.82, 2.24) is 0 Å². The van der Waals surface area contributed by atoms with Crippen LogP contribution in [0.5, 0.6) is 0 Å². The Bertz CT molecular complexity index is 420. The molecule has 0 N–H and O–H groups in total. The molecule has 0 saturated carbocycles. The molecule has 0 bridgehead atoms. The molecule has 0 aromatic heterocycles. The highest BCUT2D eigenvalue weighted by molar-refractivity contribution is 9.10. The van der Waals surface area contributed by atoms with Gasteiger partial charge in [-0.15, -0.1) is 0 Å². The van der Waals surface area contributed by atoms with Crippen molar-refractivity contribution in [3.63, 3.8) is 0 Å². The molecule has 1 aromatic rings. The van der Waals surface area contributed by atoms with Gasteiger partial charge in [-0.1, -0.05) is 73.7 Å². The highest BCUT2D eigenvalue weighted by Gasteiger charge is 2.20. The molecule has 1 aliphatic carbocycles. The minimum atomic E-state index is 0.648. The molecule has 1 aliphatic rings. The van der Waals surface area contributed by atoms with E-state index in [1.165, 1.54) is 47.7 Å². The van der Waals surface area contributed by atoms with Crippen molar-refractivity contribution >= 4 is 22.0 Å². The fourth-order valence-corrected chi connectivity index (χ4v) is 3.28. The molecule has 1 heteroatoms. The molecule has 0 spiro atoms. The van der Waals surface area contributed by atoms with E-state index in [-0.39, 0.29) is 0 Å². The molecular formula is C17H23Br. The van der Waals surface area contributed by atoms with Gasteiger partial charge in [0.2, 0.25) is 0 Å². The fraction of sp³-hybridized carbons (Fsp3) is 0.529. The van der Waals surface area contributed by atoms with Crippen LogP contribution in [-0.4, -0.2) is 0 Å². The number of halogens is 1. The van der Waals surface area contributed by atoms with Crippen molar-refractivity contribution in [1.29, 1.82) is 0 Å². The van der Waals surface area contributed by atoms with Crippen LogP contribution >= 0.6 is 15.9 Å². The van der Waals surface area contributed by atoms with Crippen LogP contribution < -0.4 is 0 Å². The number of hydrogen-bond donors (Lipinski definition) is 0. The van der Waals surface area contributed by atoms with Gasteiger partial charge in [0.15, 0.2) is 0 Å². The summed E-state index contributed by atoms with van der Waals surface area (Å²) in [5.41, 5.74) is 2.92. The Kier molecular flexibility index (Phi) is 5.05. The zero-order valence-corrected chi connectivity index (χ0v) is 13.0. The number of unbranched alkanes of at least 4 members (excludes halogenated alkanes) is 1. The third kappa shape index (κ3) is 3.26. The second-order valence-corrected chi connectivity index (χ2v) is 6.31. The molecule has 0 aliphatic heterocycles. The number of fused-ring (bicyclic) bond motifs is 1. The molecule has 0 radical (unpaired) electrons. The molecule has 98 valence electrons. The minimum absolute atomic E-state index is 0.648. The Labute approximate surface area is 120 Å². The van der Waals surface area contributed by atoms with Gasteiger partial charge in [-0.2, -0.15) is 0 Å². The first kappa shape index (κ1) is 13.9. The van der Waals surface area contributed by atoms with Crippen LogP contribution in [0.4, 0.5) is 0 Å². The maximum Gasteiger partial charge on any atom is 0.0181 e. The van der Waals surface area contributed by atoms with Gasteiger partial charge >= 0.3 is 0 Å². The third-order valence-electron chi connectivity index (χ3n) is 4.09. The van der Waals surface area contributed by atoms with Crippen molar-refractivity contribution in [2.75, 3.05) is 0 Å². The Hall–Kier alpha value is -0.560. The Morgan fingerprint density at radius 1 is 1.28 bits per heavy atom. The van der Waals surface area contributed by atoms with Gasteiger partial charge in [-0.05, 0) is 35.6 Å². The summed E-state index contributed by atoms with van der Waals surface area (Å²) < 4.78 is 1.18. The molecule has 1 aromatic carbocycles. The van der Waals surface area contributed by atoms with E-state index in [4.69, 9.17) is 0 Å². The van der Waals surface area contributed by atoms with Crippen LogP contribution in [0.25, 0.3) is 6.08 Å². The Morgan fingerprint density at radius 3 is 2.83 bits per heavy atom. The summed E-state index contributed by atoms with van der Waals surface area (Å²) in [5, 5.41) is 0. The second-order valence-electron chi connectivity index (χ2n) is 5.39. The van der Waals surface area contributed by atoms with E-state index >= 15 is 0 Å². The van der Waals surface area contributed by atoms with Crippen LogP contribution in [-0.2, 0) is 0 Å². The predicted octanol–water partition coefficient (Wildman–Crippen LogP) is 6.17. The minimum Gasteiger partial charge on any atom is -0.0764 e. The molecule has 0 saturated heterocycles. The third-order valence-corrected chi connectivity index (χ3v) is 4.58. The van der Waals surface area contributed by atoms with Crippen molar-refractivity contribution in [2.24, 2.45) is 5.92 Å². The number of benzene rings is 1. The van der Waals surface area contributed by atoms with Crippen molar-refractivity contribution in [3.05, 3.63) is 39.9 Å². The van der Waals surface area contributed by atoms with E-state index in [1.54, 1.807) is 0 Å². The van der Waals surface area contributed by atoms with Crippen LogP contribution in [0.3, 0.4) is 0 Å². The maximum atomic E-state index is 3.55. The second kappa shape index (κ2) is 6.56. The van der Waals surface area contributed by atoms with E-state index in [9.17, 15) is 0 Å². The molecule has 0 fully saturated rings. The summed E-state index contributed by atoms with van der Waals surface area (Å²) in [6.07, 6.45) is 11.4. The lowest BCUT2D eigenvalue weighted by Crippen LogP contribution is -2.05. The van der Waals surface area contributed by atoms with E-state index in [2.05, 4.69) is 60.1 Å². The number of hydrogen-bond acceptors (Lipinski definition) is 0. The molecule has 0 nitrogen and oxygen atoms in total. The van der Waals surface area contributed by atoms with Gasteiger partial charge in [0, 0.05) is 10.4 Å². The normalized spacial score (nSPS) is 18.9. The summed E-state index contributed by atoms with van der Waals surface area (Å²) in [4.78, 5) is 0. The lowest BCUT2D eigenvalue weighted by atomic mass is 9.86. The summed E-state index contributed by atoms with van der Waals surface area (Å²) in [7, 11) is 0. The molecule has 2 atom stereocenters. The summed E-state index contributed by atoms with van der Waals surface area (Å²) in [5.74, 6) is 1.53. The zero-order chi connectivity index (χ0) is 13.0. The Morgan fingerprint density at radius 2 is 2.11 bits per heavy atom. The first-order valence-corrected chi connectivity index (χ1v) is 8.01. The van der Waals surface area contributed by atoms with Crippen molar-refractivity contribution in [3.8, 4) is 0 Å². The van der Waals surface area contributed by atoms with Gasteiger partial charge in [0.05, 0.1) is 0 Å². The summed E-state index contributed by atoms with van der Waals surface area (Å²) in [6.45, 7) is 4.62. The smallest absolute Gasteiger partial charge is 0.0181 e. The first-order valence-electron chi connectivity index (χ1n) is 7.22. The summed E-state index contributed by atoms with van der Waals surface area (Å²) >= 11 is 3.55. The lowest BCUT2D eigenvalue weighted by Gasteiger charge is -2.19. The quantitative estimate of drug-likeness (QED) is 0.590. The SMILES string of the molecule is CCCCC(CC)CC1C=Cc2cc(Br)ccc21. The van der Waals surface area contributed by atoms with E-state index in [1.807, 2.05) is 0 Å². The lowest BCUT2D eigenvalue weighted by molar-refractivity contribution is 0.407. The van der Waals surface area contributed by atoms with Gasteiger partial charge in [-0.25, -0.2) is 0 Å². The average molecular weight is 307 g/mol. The topological polar surface area (TPSA) is 0 Å². The van der Waals surface area contributed by atoms with E-state index < -0.39 is 0 Å². The monoisotopic (exact) mass is 306 g/mol. The molecule has 0 heterocycles. The van der Waals surface area contributed by atoms with Gasteiger partial charge in [0.25, 0.3) is 0 Å². The van der Waals surface area contributed by atoms with Crippen LogP contribution in [0.15, 0.2) is 28.7 Å². The molecule has 2 unspecified atom stereocenters. The predicted molar refractivity (Wildman–Crippen MR) is 83.8 cm³/mol. The molecule has 0 amide bonds. The van der Waals surface area contributed by atoms with Crippen molar-refractivity contribution in [2.45, 2.75) is 51.9 Å². The molecular weight excluding hydrogens is 284 g/mol. The maximum absolute atomic E-state index is 3.55. The first-order chi connectivity index (χ1) is 8.74. The van der Waals surface area contributed by atoms with E-state index in [0.717, 1.165) is 5.92 Å². The van der Waals surface area contributed by atoms with Crippen molar-refractivity contribution < 1.29 is 0 Å². The average Bonchev–Trinajstić information content (AvgIpc) is 2.76. The van der Waals surface area contributed by atoms with Gasteiger partial charge < -0.3 is 0 Å². The standard InChI is InChI=1S/C17H23Br/c1-3-5-6-13(4-2)11-14-7-8-15-12-16(18)9-10-17(14)15/h7-10,12-14H,3-6,11H2,1-2H3. The van der Waals surface area contributed by atoms with Crippen LogP contribution in [0.2, 0.25) is 0 Å². The highest BCUT2D eigenvalue weighted by Crippen LogP contribution is 2.37. The number of rotatable bonds is 6. The summed E-state index contributed by atoms with van der Waals surface area (Å²) in [6, 6.07) is 6.70. The molecule has 18 heavy (non-hydrogen) atoms. The van der Waals surface area contributed by atoms with Gasteiger partial charge in [0.1, 0.15) is 0 Å².